The monoisotopic (exact) mass is 454 g/mol. The molecule has 0 atom stereocenters. The van der Waals surface area contributed by atoms with E-state index in [1.807, 2.05) is 66.2 Å². The van der Waals surface area contributed by atoms with Gasteiger partial charge in [0, 0.05) is 36.3 Å². The Hall–Kier alpha value is -3.74. The predicted octanol–water partition coefficient (Wildman–Crippen LogP) is 5.05. The second-order valence-electron chi connectivity index (χ2n) is 8.92. The number of fused-ring (bicyclic) bond motifs is 1. The van der Waals surface area contributed by atoms with Crippen LogP contribution in [0.3, 0.4) is 0 Å². The number of carbonyl (C=O) groups excluding carboxylic acids is 1. The molecule has 3 heterocycles. The molecule has 4 aromatic rings. The van der Waals surface area contributed by atoms with Crippen LogP contribution in [0.1, 0.15) is 48.5 Å². The smallest absolute Gasteiger partial charge is 0.224 e. The number of benzene rings is 2. The first-order valence-corrected chi connectivity index (χ1v) is 12.0. The number of carbonyl (C=O) groups is 1. The number of nitrogens with zero attached hydrogens (tertiary/aromatic N) is 5. The van der Waals surface area contributed by atoms with E-state index in [0.29, 0.717) is 12.8 Å². The van der Waals surface area contributed by atoms with Crippen LogP contribution in [0.2, 0.25) is 0 Å². The summed E-state index contributed by atoms with van der Waals surface area (Å²) in [5.41, 5.74) is 6.01. The van der Waals surface area contributed by atoms with E-state index in [0.717, 1.165) is 64.9 Å². The summed E-state index contributed by atoms with van der Waals surface area (Å²) >= 11 is 0. The first-order chi connectivity index (χ1) is 16.6. The molecule has 0 spiro atoms. The standard InChI is InChI=1S/C27H30N6O/c1-19-24(20(2)33(31-19)23-9-5-3-6-10-23)16-17-26(34)28-22-14-12-21(13-15-22)27-30-29-25-11-7-4-8-18-32(25)27/h3,5-6,9-10,12-15H,4,7-8,11,16-18H2,1-2H3,(H,28,34). The topological polar surface area (TPSA) is 77.6 Å². The SMILES string of the molecule is Cc1nn(-c2ccccc2)c(C)c1CCC(=O)Nc1ccc(-c2nnc3n2CCCCC3)cc1. The zero-order valence-corrected chi connectivity index (χ0v) is 19.8. The van der Waals surface area contributed by atoms with Crippen LogP contribution < -0.4 is 5.32 Å². The van der Waals surface area contributed by atoms with Gasteiger partial charge in [-0.25, -0.2) is 4.68 Å². The Morgan fingerprint density at radius 1 is 0.971 bits per heavy atom. The molecule has 5 rings (SSSR count). The van der Waals surface area contributed by atoms with E-state index >= 15 is 0 Å². The molecule has 1 N–H and O–H groups in total. The molecule has 1 aliphatic heterocycles. The number of hydrogen-bond donors (Lipinski definition) is 1. The summed E-state index contributed by atoms with van der Waals surface area (Å²) in [6.45, 7) is 5.03. The second-order valence-corrected chi connectivity index (χ2v) is 8.92. The van der Waals surface area contributed by atoms with Crippen molar-refractivity contribution in [1.82, 2.24) is 24.5 Å². The van der Waals surface area contributed by atoms with Gasteiger partial charge in [0.05, 0.1) is 11.4 Å². The van der Waals surface area contributed by atoms with Crippen molar-refractivity contribution >= 4 is 11.6 Å². The predicted molar refractivity (Wildman–Crippen MR) is 133 cm³/mol. The number of aryl methyl sites for hydroxylation is 2. The van der Waals surface area contributed by atoms with Crippen LogP contribution >= 0.6 is 0 Å². The molecule has 0 saturated carbocycles. The van der Waals surface area contributed by atoms with Gasteiger partial charge in [-0.15, -0.1) is 10.2 Å². The zero-order valence-electron chi connectivity index (χ0n) is 19.8. The quantitative estimate of drug-likeness (QED) is 0.442. The van der Waals surface area contributed by atoms with Gasteiger partial charge in [-0.3, -0.25) is 4.79 Å². The highest BCUT2D eigenvalue weighted by atomic mass is 16.1. The van der Waals surface area contributed by atoms with Crippen LogP contribution in [0.5, 0.6) is 0 Å². The fraction of sp³-hybridized carbons (Fsp3) is 0.333. The van der Waals surface area contributed by atoms with Crippen LogP contribution in [0, 0.1) is 13.8 Å². The molecule has 2 aromatic heterocycles. The van der Waals surface area contributed by atoms with Gasteiger partial charge < -0.3 is 9.88 Å². The molecule has 1 aliphatic rings. The van der Waals surface area contributed by atoms with Gasteiger partial charge in [0.25, 0.3) is 0 Å². The fourth-order valence-electron chi connectivity index (χ4n) is 4.72. The molecule has 34 heavy (non-hydrogen) atoms. The molecule has 174 valence electrons. The molecular weight excluding hydrogens is 424 g/mol. The van der Waals surface area contributed by atoms with Gasteiger partial charge >= 0.3 is 0 Å². The number of aromatic nitrogens is 5. The van der Waals surface area contributed by atoms with Crippen molar-refractivity contribution in [3.05, 3.63) is 77.4 Å². The average Bonchev–Trinajstić information content (AvgIpc) is 3.28. The maximum atomic E-state index is 12.7. The van der Waals surface area contributed by atoms with Crippen LogP contribution in [-0.4, -0.2) is 30.5 Å². The summed E-state index contributed by atoms with van der Waals surface area (Å²) in [7, 11) is 0. The lowest BCUT2D eigenvalue weighted by Gasteiger charge is -2.09. The molecule has 0 saturated heterocycles. The lowest BCUT2D eigenvalue weighted by molar-refractivity contribution is -0.116. The van der Waals surface area contributed by atoms with Crippen molar-refractivity contribution in [2.75, 3.05) is 5.32 Å². The van der Waals surface area contributed by atoms with Crippen molar-refractivity contribution in [2.45, 2.75) is 58.9 Å². The van der Waals surface area contributed by atoms with Crippen LogP contribution in [0.15, 0.2) is 54.6 Å². The van der Waals surface area contributed by atoms with Gasteiger partial charge in [0.2, 0.25) is 5.91 Å². The summed E-state index contributed by atoms with van der Waals surface area (Å²) in [5.74, 6) is 1.98. The molecule has 7 nitrogen and oxygen atoms in total. The number of nitrogens with one attached hydrogen (secondary N) is 1. The average molecular weight is 455 g/mol. The summed E-state index contributed by atoms with van der Waals surface area (Å²) < 4.78 is 4.19. The Kier molecular flexibility index (Phi) is 6.25. The summed E-state index contributed by atoms with van der Waals surface area (Å²) in [4.78, 5) is 12.7. The lowest BCUT2D eigenvalue weighted by atomic mass is 10.1. The largest absolute Gasteiger partial charge is 0.326 e. The summed E-state index contributed by atoms with van der Waals surface area (Å²) in [6, 6.07) is 18.0. The molecular formula is C27H30N6O. The van der Waals surface area contributed by atoms with Gasteiger partial charge in [0.1, 0.15) is 5.82 Å². The third-order valence-electron chi connectivity index (χ3n) is 6.58. The first kappa shape index (κ1) is 22.1. The highest BCUT2D eigenvalue weighted by Gasteiger charge is 2.17. The normalized spacial score (nSPS) is 13.4. The zero-order chi connectivity index (χ0) is 23.5. The van der Waals surface area contributed by atoms with Crippen molar-refractivity contribution in [2.24, 2.45) is 0 Å². The van der Waals surface area contributed by atoms with Gasteiger partial charge in [-0.05, 0) is 75.1 Å². The highest BCUT2D eigenvalue weighted by molar-refractivity contribution is 5.91. The van der Waals surface area contributed by atoms with Crippen molar-refractivity contribution < 1.29 is 4.79 Å². The Morgan fingerprint density at radius 3 is 2.56 bits per heavy atom. The summed E-state index contributed by atoms with van der Waals surface area (Å²) in [5, 5.41) is 16.5. The van der Waals surface area contributed by atoms with Crippen LogP contribution in [0.25, 0.3) is 17.1 Å². The van der Waals surface area contributed by atoms with E-state index in [-0.39, 0.29) is 5.91 Å². The van der Waals surface area contributed by atoms with Crippen molar-refractivity contribution in [3.63, 3.8) is 0 Å². The molecule has 0 radical (unpaired) electrons. The minimum atomic E-state index is -0.00430. The number of para-hydroxylation sites is 1. The van der Waals surface area contributed by atoms with E-state index in [4.69, 9.17) is 0 Å². The number of anilines is 1. The number of amides is 1. The first-order valence-electron chi connectivity index (χ1n) is 12.0. The molecule has 2 aromatic carbocycles. The molecule has 0 unspecified atom stereocenters. The van der Waals surface area contributed by atoms with Gasteiger partial charge in [0.15, 0.2) is 5.82 Å². The Labute approximate surface area is 199 Å². The molecule has 7 heteroatoms. The third kappa shape index (κ3) is 4.51. The Bertz CT molecular complexity index is 1290. The molecule has 0 bridgehead atoms. The highest BCUT2D eigenvalue weighted by Crippen LogP contribution is 2.24. The maximum absolute atomic E-state index is 12.7. The molecule has 1 amide bonds. The van der Waals surface area contributed by atoms with Crippen molar-refractivity contribution in [3.8, 4) is 17.1 Å². The van der Waals surface area contributed by atoms with Gasteiger partial charge in [-0.1, -0.05) is 24.6 Å². The van der Waals surface area contributed by atoms with Gasteiger partial charge in [-0.2, -0.15) is 5.10 Å². The van der Waals surface area contributed by atoms with Crippen molar-refractivity contribution in [1.29, 1.82) is 0 Å². The molecule has 0 aliphatic carbocycles. The fourth-order valence-corrected chi connectivity index (χ4v) is 4.72. The van der Waals surface area contributed by atoms with Crippen LogP contribution in [0.4, 0.5) is 5.69 Å². The van der Waals surface area contributed by atoms with E-state index in [9.17, 15) is 4.79 Å². The Balaban J connectivity index is 1.22. The van der Waals surface area contributed by atoms with Crippen LogP contribution in [-0.2, 0) is 24.2 Å². The van der Waals surface area contributed by atoms with E-state index in [1.165, 1.54) is 12.8 Å². The van der Waals surface area contributed by atoms with E-state index < -0.39 is 0 Å². The molecule has 0 fully saturated rings. The Morgan fingerprint density at radius 2 is 1.76 bits per heavy atom. The number of rotatable bonds is 6. The second kappa shape index (κ2) is 9.63. The minimum Gasteiger partial charge on any atom is -0.326 e. The van der Waals surface area contributed by atoms with E-state index in [2.05, 4.69) is 32.1 Å². The maximum Gasteiger partial charge on any atom is 0.224 e. The third-order valence-corrected chi connectivity index (χ3v) is 6.58. The lowest BCUT2D eigenvalue weighted by Crippen LogP contribution is -2.12. The number of hydrogen-bond acceptors (Lipinski definition) is 4. The minimum absolute atomic E-state index is 0.00430. The van der Waals surface area contributed by atoms with E-state index in [1.54, 1.807) is 0 Å². The summed E-state index contributed by atoms with van der Waals surface area (Å²) in [6.07, 6.45) is 5.62.